The standard InChI is InChI=1S/C28H52N4O7S/c1-6-10-22(29-28(36)25(20(4)5)31-40(37,38)32-13-15-39-16-14-32)27(35)30-23(18-21-11-8-7-9-12-21)26(34)24(33)17-19(2)3/h6,19-26,31,33-34H,1,7-18H2,2-5H3,(H,29,36)(H,30,35)/t22-,23-,24-,25-,26+/m0/s1. The summed E-state index contributed by atoms with van der Waals surface area (Å²) >= 11 is 0. The molecule has 0 radical (unpaired) electrons. The molecular weight excluding hydrogens is 536 g/mol. The molecular formula is C28H52N4O7S. The normalized spacial score (nSPS) is 21.4. The van der Waals surface area contributed by atoms with E-state index >= 15 is 0 Å². The summed E-state index contributed by atoms with van der Waals surface area (Å²) in [5.41, 5.74) is 0. The Morgan fingerprint density at radius 3 is 2.20 bits per heavy atom. The zero-order valence-corrected chi connectivity index (χ0v) is 25.5. The van der Waals surface area contributed by atoms with E-state index in [0.29, 0.717) is 18.8 Å². The lowest BCUT2D eigenvalue weighted by Gasteiger charge is -2.34. The Bertz CT molecular complexity index is 902. The number of nitrogens with one attached hydrogen (secondary N) is 3. The third kappa shape index (κ3) is 11.0. The lowest BCUT2D eigenvalue weighted by Crippen LogP contribution is -2.59. The van der Waals surface area contributed by atoms with Gasteiger partial charge in [0.05, 0.1) is 25.4 Å². The van der Waals surface area contributed by atoms with E-state index < -0.39 is 58.3 Å². The van der Waals surface area contributed by atoms with E-state index in [1.165, 1.54) is 16.8 Å². The Labute approximate surface area is 240 Å². The molecule has 232 valence electrons. The zero-order chi connectivity index (χ0) is 29.9. The van der Waals surface area contributed by atoms with Crippen LogP contribution in [0.5, 0.6) is 0 Å². The summed E-state index contributed by atoms with van der Waals surface area (Å²) in [5, 5.41) is 27.3. The fourth-order valence-corrected chi connectivity index (χ4v) is 6.89. The van der Waals surface area contributed by atoms with E-state index in [-0.39, 0.29) is 38.6 Å². The molecule has 11 nitrogen and oxygen atoms in total. The van der Waals surface area contributed by atoms with E-state index in [1.807, 2.05) is 13.8 Å². The van der Waals surface area contributed by atoms with Crippen LogP contribution in [-0.4, -0.2) is 91.4 Å². The molecule has 0 unspecified atom stereocenters. The highest BCUT2D eigenvalue weighted by molar-refractivity contribution is 7.87. The van der Waals surface area contributed by atoms with Crippen molar-refractivity contribution in [3.63, 3.8) is 0 Å². The van der Waals surface area contributed by atoms with Gasteiger partial charge in [-0.25, -0.2) is 0 Å². The summed E-state index contributed by atoms with van der Waals surface area (Å²) in [4.78, 5) is 26.8. The molecule has 5 atom stereocenters. The first-order valence-corrected chi connectivity index (χ1v) is 16.2. The molecule has 5 N–H and O–H groups in total. The summed E-state index contributed by atoms with van der Waals surface area (Å²) in [6, 6.07) is -2.82. The highest BCUT2D eigenvalue weighted by Crippen LogP contribution is 2.29. The first-order chi connectivity index (χ1) is 18.9. The first-order valence-electron chi connectivity index (χ1n) is 14.8. The van der Waals surface area contributed by atoms with E-state index in [1.54, 1.807) is 13.8 Å². The van der Waals surface area contributed by atoms with Crippen molar-refractivity contribution in [2.45, 2.75) is 109 Å². The van der Waals surface area contributed by atoms with Gasteiger partial charge in [0.25, 0.3) is 10.2 Å². The predicted octanol–water partition coefficient (Wildman–Crippen LogP) is 1.46. The van der Waals surface area contributed by atoms with E-state index in [9.17, 15) is 28.2 Å². The number of ether oxygens (including phenoxy) is 1. The number of carbonyl (C=O) groups is 2. The summed E-state index contributed by atoms with van der Waals surface area (Å²) in [7, 11) is -3.95. The van der Waals surface area contributed by atoms with Crippen LogP contribution in [0.1, 0.15) is 79.1 Å². The van der Waals surface area contributed by atoms with Gasteiger partial charge in [0.2, 0.25) is 11.8 Å². The second-order valence-electron chi connectivity index (χ2n) is 12.0. The number of hydrogen-bond acceptors (Lipinski definition) is 7. The molecule has 1 aliphatic heterocycles. The van der Waals surface area contributed by atoms with Gasteiger partial charge in [0.1, 0.15) is 18.2 Å². The molecule has 0 aromatic heterocycles. The monoisotopic (exact) mass is 588 g/mol. The minimum atomic E-state index is -3.95. The number of aliphatic hydroxyl groups is 2. The molecule has 2 aliphatic rings. The largest absolute Gasteiger partial charge is 0.390 e. The Morgan fingerprint density at radius 1 is 1.02 bits per heavy atom. The van der Waals surface area contributed by atoms with E-state index in [2.05, 4.69) is 21.9 Å². The molecule has 0 aromatic carbocycles. The van der Waals surface area contributed by atoms with Crippen molar-refractivity contribution in [2.24, 2.45) is 17.8 Å². The molecule has 1 saturated heterocycles. The molecule has 40 heavy (non-hydrogen) atoms. The SMILES string of the molecule is C=CC[C@H](NC(=O)[C@@H](NS(=O)(=O)N1CCOCC1)C(C)C)C(=O)N[C@@H](CC1CCCCC1)[C@@H](O)[C@@H](O)CC(C)C. The highest BCUT2D eigenvalue weighted by atomic mass is 32.2. The van der Waals surface area contributed by atoms with Gasteiger partial charge in [0, 0.05) is 13.1 Å². The molecule has 1 aliphatic carbocycles. The van der Waals surface area contributed by atoms with Crippen LogP contribution in [0.25, 0.3) is 0 Å². The Kier molecular flexibility index (Phi) is 14.5. The average molecular weight is 589 g/mol. The summed E-state index contributed by atoms with van der Waals surface area (Å²) < 4.78 is 34.8. The highest BCUT2D eigenvalue weighted by Gasteiger charge is 2.36. The Balaban J connectivity index is 2.15. The average Bonchev–Trinajstić information content (AvgIpc) is 2.91. The molecule has 0 aromatic rings. The van der Waals surface area contributed by atoms with E-state index in [4.69, 9.17) is 4.74 Å². The predicted molar refractivity (Wildman–Crippen MR) is 154 cm³/mol. The molecule has 2 fully saturated rings. The molecule has 2 rings (SSSR count). The number of hydrogen-bond donors (Lipinski definition) is 5. The summed E-state index contributed by atoms with van der Waals surface area (Å²) in [5.74, 6) is -1.04. The number of aliphatic hydroxyl groups excluding tert-OH is 2. The van der Waals surface area contributed by atoms with Crippen molar-refractivity contribution in [3.05, 3.63) is 12.7 Å². The third-order valence-electron chi connectivity index (χ3n) is 7.73. The second-order valence-corrected chi connectivity index (χ2v) is 13.7. The number of rotatable bonds is 16. The number of carbonyl (C=O) groups excluding carboxylic acids is 2. The minimum Gasteiger partial charge on any atom is -0.390 e. The minimum absolute atomic E-state index is 0.111. The quantitative estimate of drug-likeness (QED) is 0.171. The maximum absolute atomic E-state index is 13.5. The number of nitrogens with zero attached hydrogens (tertiary/aromatic N) is 1. The smallest absolute Gasteiger partial charge is 0.280 e. The fraction of sp³-hybridized carbons (Fsp3) is 0.857. The maximum atomic E-state index is 13.5. The zero-order valence-electron chi connectivity index (χ0n) is 24.7. The molecule has 2 amide bonds. The van der Waals surface area contributed by atoms with Gasteiger partial charge in [-0.2, -0.15) is 17.4 Å². The fourth-order valence-electron chi connectivity index (χ4n) is 5.41. The molecule has 12 heteroatoms. The van der Waals surface area contributed by atoms with Crippen LogP contribution in [0.4, 0.5) is 0 Å². The van der Waals surface area contributed by atoms with Crippen LogP contribution in [0.2, 0.25) is 0 Å². The first kappa shape index (κ1) is 34.6. The van der Waals surface area contributed by atoms with Crippen LogP contribution >= 0.6 is 0 Å². The Hall–Kier alpha value is -1.57. The lowest BCUT2D eigenvalue weighted by atomic mass is 9.82. The lowest BCUT2D eigenvalue weighted by molar-refractivity contribution is -0.131. The molecule has 1 saturated carbocycles. The van der Waals surface area contributed by atoms with Crippen LogP contribution < -0.4 is 15.4 Å². The van der Waals surface area contributed by atoms with Crippen molar-refractivity contribution >= 4 is 22.0 Å². The van der Waals surface area contributed by atoms with Crippen LogP contribution in [-0.2, 0) is 24.5 Å². The number of morpholine rings is 1. The van der Waals surface area contributed by atoms with Gasteiger partial charge in [-0.15, -0.1) is 6.58 Å². The van der Waals surface area contributed by atoms with Gasteiger partial charge >= 0.3 is 0 Å². The van der Waals surface area contributed by atoms with Gasteiger partial charge < -0.3 is 25.6 Å². The van der Waals surface area contributed by atoms with Crippen molar-refractivity contribution in [1.82, 2.24) is 19.7 Å². The van der Waals surface area contributed by atoms with Crippen LogP contribution in [0.3, 0.4) is 0 Å². The van der Waals surface area contributed by atoms with Crippen molar-refractivity contribution in [2.75, 3.05) is 26.3 Å². The van der Waals surface area contributed by atoms with Gasteiger partial charge in [-0.05, 0) is 37.0 Å². The van der Waals surface area contributed by atoms with Gasteiger partial charge in [0.15, 0.2) is 0 Å². The van der Waals surface area contributed by atoms with E-state index in [0.717, 1.165) is 25.7 Å². The molecule has 0 spiro atoms. The van der Waals surface area contributed by atoms with Crippen molar-refractivity contribution in [1.29, 1.82) is 0 Å². The van der Waals surface area contributed by atoms with Crippen LogP contribution in [0, 0.1) is 17.8 Å². The van der Waals surface area contributed by atoms with Crippen molar-refractivity contribution in [3.8, 4) is 0 Å². The topological polar surface area (TPSA) is 157 Å². The van der Waals surface area contributed by atoms with Gasteiger partial charge in [-0.1, -0.05) is 65.9 Å². The van der Waals surface area contributed by atoms with Gasteiger partial charge in [-0.3, -0.25) is 9.59 Å². The summed E-state index contributed by atoms with van der Waals surface area (Å²) in [6.07, 6.45) is 5.77. The third-order valence-corrected chi connectivity index (χ3v) is 9.33. The molecule has 1 heterocycles. The maximum Gasteiger partial charge on any atom is 0.280 e. The Morgan fingerprint density at radius 2 is 1.65 bits per heavy atom. The van der Waals surface area contributed by atoms with Crippen molar-refractivity contribution < 1.29 is 33.0 Å². The second kappa shape index (κ2) is 16.8. The van der Waals surface area contributed by atoms with Crippen LogP contribution in [0.15, 0.2) is 12.7 Å². The molecule has 0 bridgehead atoms. The number of amides is 2. The summed E-state index contributed by atoms with van der Waals surface area (Å²) in [6.45, 7) is 12.0.